The molecule has 144 valence electrons. The molecule has 0 atom stereocenters. The van der Waals surface area contributed by atoms with Gasteiger partial charge in [0.1, 0.15) is 38.5 Å². The van der Waals surface area contributed by atoms with Crippen molar-refractivity contribution in [3.8, 4) is 0 Å². The summed E-state index contributed by atoms with van der Waals surface area (Å²) in [6.07, 6.45) is 1.54. The van der Waals surface area contributed by atoms with Gasteiger partial charge in [0.25, 0.3) is 5.91 Å². The summed E-state index contributed by atoms with van der Waals surface area (Å²) in [4.78, 5) is 26.5. The van der Waals surface area contributed by atoms with E-state index in [0.717, 1.165) is 37.7 Å². The van der Waals surface area contributed by atoms with Crippen LogP contribution in [0.2, 0.25) is 5.02 Å². The SMILES string of the molecule is O=C(C[NH+]1CC[NH+](Cc2ccc(Cl)cc2)CC1)NC(=O)NCc1ccco1. The molecule has 2 heterocycles. The number of urea groups is 1. The Hall–Kier alpha value is -2.35. The van der Waals surface area contributed by atoms with Gasteiger partial charge < -0.3 is 19.5 Å². The molecule has 1 aromatic carbocycles. The van der Waals surface area contributed by atoms with Crippen molar-refractivity contribution < 1.29 is 23.8 Å². The first-order valence-corrected chi connectivity index (χ1v) is 9.48. The second-order valence-corrected chi connectivity index (χ2v) is 7.23. The third-order valence-corrected chi connectivity index (χ3v) is 4.95. The van der Waals surface area contributed by atoms with Crippen molar-refractivity contribution in [3.05, 3.63) is 59.0 Å². The highest BCUT2D eigenvalue weighted by atomic mass is 35.5. The summed E-state index contributed by atoms with van der Waals surface area (Å²) in [5, 5.41) is 5.73. The summed E-state index contributed by atoms with van der Waals surface area (Å²) in [6.45, 7) is 5.33. The van der Waals surface area contributed by atoms with Gasteiger partial charge in [0.2, 0.25) is 0 Å². The van der Waals surface area contributed by atoms with Crippen LogP contribution in [0, 0.1) is 0 Å². The summed E-state index contributed by atoms with van der Waals surface area (Å²) in [7, 11) is 0. The third-order valence-electron chi connectivity index (χ3n) is 4.70. The number of hydrogen-bond acceptors (Lipinski definition) is 3. The molecule has 0 bridgehead atoms. The highest BCUT2D eigenvalue weighted by molar-refractivity contribution is 6.30. The number of amides is 3. The van der Waals surface area contributed by atoms with Gasteiger partial charge in [0.15, 0.2) is 6.54 Å². The van der Waals surface area contributed by atoms with Crippen molar-refractivity contribution in [2.24, 2.45) is 0 Å². The van der Waals surface area contributed by atoms with Crippen LogP contribution in [0.4, 0.5) is 4.79 Å². The number of benzene rings is 1. The van der Waals surface area contributed by atoms with E-state index in [1.165, 1.54) is 21.6 Å². The van der Waals surface area contributed by atoms with E-state index in [1.807, 2.05) is 12.1 Å². The Labute approximate surface area is 163 Å². The average Bonchev–Trinajstić information content (AvgIpc) is 3.17. The number of carbonyl (C=O) groups excluding carboxylic acids is 2. The minimum absolute atomic E-state index is 0.256. The molecule has 0 radical (unpaired) electrons. The number of nitrogens with one attached hydrogen (secondary N) is 4. The molecule has 1 fully saturated rings. The van der Waals surface area contributed by atoms with Gasteiger partial charge >= 0.3 is 6.03 Å². The number of carbonyl (C=O) groups is 2. The number of rotatable bonds is 6. The number of quaternary nitrogens is 2. The van der Waals surface area contributed by atoms with Gasteiger partial charge in [-0.15, -0.1) is 0 Å². The van der Waals surface area contributed by atoms with E-state index in [-0.39, 0.29) is 12.5 Å². The minimum atomic E-state index is -0.497. The van der Waals surface area contributed by atoms with Crippen LogP contribution >= 0.6 is 11.6 Å². The third kappa shape index (κ3) is 6.39. The van der Waals surface area contributed by atoms with Gasteiger partial charge in [-0.3, -0.25) is 10.1 Å². The molecule has 8 heteroatoms. The first kappa shape index (κ1) is 19.4. The van der Waals surface area contributed by atoms with E-state index in [4.69, 9.17) is 16.0 Å². The smallest absolute Gasteiger partial charge is 0.321 e. The van der Waals surface area contributed by atoms with Crippen molar-refractivity contribution in [3.63, 3.8) is 0 Å². The van der Waals surface area contributed by atoms with E-state index in [0.29, 0.717) is 12.3 Å². The van der Waals surface area contributed by atoms with Crippen LogP contribution in [0.1, 0.15) is 11.3 Å². The van der Waals surface area contributed by atoms with E-state index in [1.54, 1.807) is 12.1 Å². The molecular weight excluding hydrogens is 368 g/mol. The summed E-state index contributed by atoms with van der Waals surface area (Å²) in [5.41, 5.74) is 1.27. The second kappa shape index (κ2) is 9.55. The Balaban J connectivity index is 1.34. The molecule has 1 aromatic heterocycles. The maximum absolute atomic E-state index is 12.1. The van der Waals surface area contributed by atoms with Crippen LogP contribution in [-0.2, 0) is 17.9 Å². The lowest BCUT2D eigenvalue weighted by Crippen LogP contribution is -3.28. The van der Waals surface area contributed by atoms with E-state index in [2.05, 4.69) is 22.8 Å². The number of piperazine rings is 1. The molecule has 1 aliphatic rings. The topological polar surface area (TPSA) is 80.2 Å². The van der Waals surface area contributed by atoms with Crippen LogP contribution in [-0.4, -0.2) is 44.7 Å². The zero-order valence-electron chi connectivity index (χ0n) is 15.1. The van der Waals surface area contributed by atoms with Crippen molar-refractivity contribution in [2.45, 2.75) is 13.1 Å². The average molecular weight is 393 g/mol. The Morgan fingerprint density at radius 1 is 1.04 bits per heavy atom. The molecule has 27 heavy (non-hydrogen) atoms. The zero-order chi connectivity index (χ0) is 19.1. The molecule has 2 aromatic rings. The fourth-order valence-electron chi connectivity index (χ4n) is 3.22. The number of hydrogen-bond donors (Lipinski definition) is 4. The fraction of sp³-hybridized carbons (Fsp3) is 0.368. The number of imide groups is 1. The molecule has 3 amide bonds. The first-order valence-electron chi connectivity index (χ1n) is 9.10. The summed E-state index contributed by atoms with van der Waals surface area (Å²) >= 11 is 5.92. The molecule has 0 spiro atoms. The Bertz CT molecular complexity index is 741. The van der Waals surface area contributed by atoms with Gasteiger partial charge in [-0.05, 0) is 24.3 Å². The van der Waals surface area contributed by atoms with Crippen molar-refractivity contribution in [2.75, 3.05) is 32.7 Å². The molecule has 1 aliphatic heterocycles. The highest BCUT2D eigenvalue weighted by Gasteiger charge is 2.25. The monoisotopic (exact) mass is 392 g/mol. The van der Waals surface area contributed by atoms with Crippen molar-refractivity contribution >= 4 is 23.5 Å². The predicted octanol–water partition coefficient (Wildman–Crippen LogP) is -0.758. The molecule has 4 N–H and O–H groups in total. The van der Waals surface area contributed by atoms with Crippen LogP contribution in [0.5, 0.6) is 0 Å². The molecule has 7 nitrogen and oxygen atoms in total. The van der Waals surface area contributed by atoms with Crippen LogP contribution < -0.4 is 20.4 Å². The Kier molecular flexibility index (Phi) is 6.86. The number of furan rings is 1. The van der Waals surface area contributed by atoms with E-state index < -0.39 is 6.03 Å². The molecular formula is C19H25ClN4O3+2. The largest absolute Gasteiger partial charge is 0.467 e. The van der Waals surface area contributed by atoms with Gasteiger partial charge in [-0.25, -0.2) is 4.79 Å². The second-order valence-electron chi connectivity index (χ2n) is 6.79. The van der Waals surface area contributed by atoms with Crippen molar-refractivity contribution in [1.29, 1.82) is 0 Å². The van der Waals surface area contributed by atoms with Gasteiger partial charge in [0, 0.05) is 10.6 Å². The Morgan fingerprint density at radius 3 is 2.41 bits per heavy atom. The van der Waals surface area contributed by atoms with Gasteiger partial charge in [-0.2, -0.15) is 0 Å². The van der Waals surface area contributed by atoms with Gasteiger partial charge in [-0.1, -0.05) is 23.7 Å². The molecule has 3 rings (SSSR count). The molecule has 1 saturated heterocycles. The highest BCUT2D eigenvalue weighted by Crippen LogP contribution is 2.08. The summed E-state index contributed by atoms with van der Waals surface area (Å²) in [5.74, 6) is 0.381. The van der Waals surface area contributed by atoms with Crippen molar-refractivity contribution in [1.82, 2.24) is 10.6 Å². The van der Waals surface area contributed by atoms with Crippen LogP contribution in [0.25, 0.3) is 0 Å². The molecule has 0 unspecified atom stereocenters. The first-order chi connectivity index (χ1) is 13.1. The quantitative estimate of drug-likeness (QED) is 0.522. The minimum Gasteiger partial charge on any atom is -0.467 e. The lowest BCUT2D eigenvalue weighted by molar-refractivity contribution is -1.02. The predicted molar refractivity (Wildman–Crippen MR) is 101 cm³/mol. The molecule has 0 aliphatic carbocycles. The van der Waals surface area contributed by atoms with Crippen LogP contribution in [0.15, 0.2) is 47.1 Å². The normalized spacial score (nSPS) is 19.4. The Morgan fingerprint density at radius 2 is 1.74 bits per heavy atom. The lowest BCUT2D eigenvalue weighted by atomic mass is 10.2. The fourth-order valence-corrected chi connectivity index (χ4v) is 3.35. The number of halogens is 1. The summed E-state index contributed by atoms with van der Waals surface area (Å²) in [6, 6.07) is 11.0. The van der Waals surface area contributed by atoms with E-state index in [9.17, 15) is 9.59 Å². The lowest BCUT2D eigenvalue weighted by Gasteiger charge is -2.29. The summed E-state index contributed by atoms with van der Waals surface area (Å²) < 4.78 is 5.13. The zero-order valence-corrected chi connectivity index (χ0v) is 15.8. The van der Waals surface area contributed by atoms with E-state index >= 15 is 0 Å². The van der Waals surface area contributed by atoms with Crippen LogP contribution in [0.3, 0.4) is 0 Å². The van der Waals surface area contributed by atoms with Gasteiger partial charge in [0.05, 0.1) is 12.8 Å². The maximum atomic E-state index is 12.1. The standard InChI is InChI=1S/C19H23ClN4O3/c20-16-5-3-15(4-6-16)13-23-7-9-24(10-8-23)14-18(25)22-19(26)21-12-17-2-1-11-27-17/h1-6,11H,7-10,12-14H2,(H2,21,22,25,26)/p+2. The molecule has 0 saturated carbocycles. The maximum Gasteiger partial charge on any atom is 0.321 e.